The first kappa shape index (κ1) is 11.9. The minimum absolute atomic E-state index is 0.0141. The molecule has 17 heavy (non-hydrogen) atoms. The van der Waals surface area contributed by atoms with E-state index in [-0.39, 0.29) is 6.61 Å². The largest absolute Gasteiger partial charge is 0.473 e. The molecule has 0 unspecified atom stereocenters. The first-order valence-electron chi connectivity index (χ1n) is 5.21. The van der Waals surface area contributed by atoms with Crippen molar-refractivity contribution in [1.29, 1.82) is 0 Å². The molecule has 2 rings (SSSR count). The second-order valence-corrected chi connectivity index (χ2v) is 4.01. The van der Waals surface area contributed by atoms with E-state index in [0.29, 0.717) is 17.5 Å². The van der Waals surface area contributed by atoms with Gasteiger partial charge in [-0.3, -0.25) is 0 Å². The van der Waals surface area contributed by atoms with Crippen LogP contribution >= 0.6 is 11.6 Å². The lowest BCUT2D eigenvalue weighted by Gasteiger charge is -2.06. The van der Waals surface area contributed by atoms with Crippen molar-refractivity contribution in [3.05, 3.63) is 58.7 Å². The molecule has 0 aliphatic heterocycles. The third-order valence-electron chi connectivity index (χ3n) is 2.28. The number of hydrogen-bond donors (Lipinski definition) is 1. The highest BCUT2D eigenvalue weighted by Gasteiger charge is 1.99. The molecule has 0 atom stereocenters. The molecule has 88 valence electrons. The smallest absolute Gasteiger partial charge is 0.213 e. The lowest BCUT2D eigenvalue weighted by atomic mass is 10.2. The molecule has 1 aromatic carbocycles. The molecule has 2 aromatic rings. The number of halogens is 1. The molecule has 0 spiro atoms. The Morgan fingerprint density at radius 1 is 1.12 bits per heavy atom. The van der Waals surface area contributed by atoms with Crippen LogP contribution in [0.25, 0.3) is 0 Å². The van der Waals surface area contributed by atoms with Gasteiger partial charge in [0.25, 0.3) is 0 Å². The highest BCUT2D eigenvalue weighted by atomic mass is 35.5. The van der Waals surface area contributed by atoms with Crippen molar-refractivity contribution in [1.82, 2.24) is 4.98 Å². The van der Waals surface area contributed by atoms with Gasteiger partial charge >= 0.3 is 0 Å². The normalized spacial score (nSPS) is 10.2. The van der Waals surface area contributed by atoms with Gasteiger partial charge in [0.05, 0.1) is 6.61 Å². The number of aliphatic hydroxyl groups is 1. The number of benzene rings is 1. The zero-order valence-corrected chi connectivity index (χ0v) is 9.89. The molecule has 0 saturated carbocycles. The van der Waals surface area contributed by atoms with Gasteiger partial charge in [0, 0.05) is 17.3 Å². The first-order chi connectivity index (χ1) is 8.28. The van der Waals surface area contributed by atoms with Crippen LogP contribution in [0.1, 0.15) is 11.1 Å². The van der Waals surface area contributed by atoms with Gasteiger partial charge in [0.2, 0.25) is 5.88 Å². The van der Waals surface area contributed by atoms with Gasteiger partial charge in [-0.15, -0.1) is 0 Å². The Balaban J connectivity index is 1.99. The maximum Gasteiger partial charge on any atom is 0.213 e. The van der Waals surface area contributed by atoms with Crippen LogP contribution < -0.4 is 4.74 Å². The van der Waals surface area contributed by atoms with E-state index in [9.17, 15) is 0 Å². The highest BCUT2D eigenvalue weighted by Crippen LogP contribution is 2.13. The Labute approximate surface area is 105 Å². The van der Waals surface area contributed by atoms with E-state index in [1.54, 1.807) is 18.3 Å². The zero-order valence-electron chi connectivity index (χ0n) is 9.14. The molecule has 4 heteroatoms. The quantitative estimate of drug-likeness (QED) is 0.906. The zero-order chi connectivity index (χ0) is 12.1. The maximum atomic E-state index is 8.98. The Hall–Kier alpha value is -1.58. The van der Waals surface area contributed by atoms with Gasteiger partial charge in [-0.05, 0) is 29.3 Å². The number of aliphatic hydroxyl groups excluding tert-OH is 1. The minimum atomic E-state index is -0.0141. The van der Waals surface area contributed by atoms with E-state index in [2.05, 4.69) is 4.98 Å². The standard InChI is InChI=1S/C13H12ClNO2/c14-12-3-1-10(2-4-12)9-17-13-7-11(8-16)5-6-15-13/h1-7,16H,8-9H2. The molecule has 1 heterocycles. The fraction of sp³-hybridized carbons (Fsp3) is 0.154. The van der Waals surface area contributed by atoms with Crippen LogP contribution in [0.2, 0.25) is 5.02 Å². The molecular formula is C13H12ClNO2. The van der Waals surface area contributed by atoms with Crippen LogP contribution in [0.15, 0.2) is 42.6 Å². The van der Waals surface area contributed by atoms with Gasteiger partial charge in [-0.25, -0.2) is 4.98 Å². The molecule has 1 N–H and O–H groups in total. The minimum Gasteiger partial charge on any atom is -0.473 e. The summed E-state index contributed by atoms with van der Waals surface area (Å²) in [5.74, 6) is 0.506. The van der Waals surface area contributed by atoms with Crippen LogP contribution in [0.3, 0.4) is 0 Å². The summed E-state index contributed by atoms with van der Waals surface area (Å²) in [6.45, 7) is 0.416. The van der Waals surface area contributed by atoms with E-state index >= 15 is 0 Å². The average molecular weight is 250 g/mol. The van der Waals surface area contributed by atoms with Crippen molar-refractivity contribution in [2.24, 2.45) is 0 Å². The molecule has 0 amide bonds. The fourth-order valence-electron chi connectivity index (χ4n) is 1.37. The number of ether oxygens (including phenoxy) is 1. The van der Waals surface area contributed by atoms with Crippen LogP contribution in [-0.4, -0.2) is 10.1 Å². The third-order valence-corrected chi connectivity index (χ3v) is 2.53. The predicted octanol–water partition coefficient (Wildman–Crippen LogP) is 2.81. The Morgan fingerprint density at radius 3 is 2.59 bits per heavy atom. The molecule has 0 saturated heterocycles. The molecular weight excluding hydrogens is 238 g/mol. The van der Waals surface area contributed by atoms with Gasteiger partial charge in [0.1, 0.15) is 6.61 Å². The van der Waals surface area contributed by atoms with Gasteiger partial charge in [-0.2, -0.15) is 0 Å². The van der Waals surface area contributed by atoms with Gasteiger partial charge in [0.15, 0.2) is 0 Å². The summed E-state index contributed by atoms with van der Waals surface area (Å²) in [7, 11) is 0. The number of aromatic nitrogens is 1. The van der Waals surface area contributed by atoms with E-state index in [1.807, 2.05) is 24.3 Å². The Morgan fingerprint density at radius 2 is 1.88 bits per heavy atom. The Kier molecular flexibility index (Phi) is 3.96. The second kappa shape index (κ2) is 5.66. The summed E-state index contributed by atoms with van der Waals surface area (Å²) < 4.78 is 5.51. The molecule has 0 aliphatic carbocycles. The van der Waals surface area contributed by atoms with E-state index in [0.717, 1.165) is 11.1 Å². The average Bonchev–Trinajstić information content (AvgIpc) is 2.38. The van der Waals surface area contributed by atoms with E-state index in [1.165, 1.54) is 0 Å². The lowest BCUT2D eigenvalue weighted by molar-refractivity contribution is 0.275. The molecule has 0 radical (unpaired) electrons. The number of nitrogens with zero attached hydrogens (tertiary/aromatic N) is 1. The van der Waals surface area contributed by atoms with Crippen LogP contribution in [0.4, 0.5) is 0 Å². The summed E-state index contributed by atoms with van der Waals surface area (Å²) >= 11 is 5.79. The van der Waals surface area contributed by atoms with Gasteiger partial charge in [-0.1, -0.05) is 23.7 Å². The molecule has 0 fully saturated rings. The van der Waals surface area contributed by atoms with Crippen molar-refractivity contribution in [3.63, 3.8) is 0 Å². The fourth-order valence-corrected chi connectivity index (χ4v) is 1.49. The molecule has 0 aliphatic rings. The highest BCUT2D eigenvalue weighted by molar-refractivity contribution is 6.30. The maximum absolute atomic E-state index is 8.98. The van der Waals surface area contributed by atoms with Crippen molar-refractivity contribution < 1.29 is 9.84 Å². The summed E-state index contributed by atoms with van der Waals surface area (Å²) in [4.78, 5) is 4.06. The summed E-state index contributed by atoms with van der Waals surface area (Å²) in [6, 6.07) is 10.9. The van der Waals surface area contributed by atoms with Crippen LogP contribution in [0, 0.1) is 0 Å². The van der Waals surface area contributed by atoms with Crippen molar-refractivity contribution >= 4 is 11.6 Å². The number of rotatable bonds is 4. The van der Waals surface area contributed by atoms with Crippen molar-refractivity contribution in [2.45, 2.75) is 13.2 Å². The van der Waals surface area contributed by atoms with E-state index < -0.39 is 0 Å². The molecule has 1 aromatic heterocycles. The molecule has 3 nitrogen and oxygen atoms in total. The monoisotopic (exact) mass is 249 g/mol. The SMILES string of the molecule is OCc1ccnc(OCc2ccc(Cl)cc2)c1. The Bertz CT molecular complexity index is 485. The summed E-state index contributed by atoms with van der Waals surface area (Å²) in [6.07, 6.45) is 1.61. The summed E-state index contributed by atoms with van der Waals surface area (Å²) in [5, 5.41) is 9.68. The first-order valence-corrected chi connectivity index (χ1v) is 5.59. The third kappa shape index (κ3) is 3.44. The second-order valence-electron chi connectivity index (χ2n) is 3.58. The number of pyridine rings is 1. The van der Waals surface area contributed by atoms with Crippen LogP contribution in [-0.2, 0) is 13.2 Å². The lowest BCUT2D eigenvalue weighted by Crippen LogP contribution is -1.97. The predicted molar refractivity (Wildman–Crippen MR) is 65.9 cm³/mol. The topological polar surface area (TPSA) is 42.4 Å². The van der Waals surface area contributed by atoms with E-state index in [4.69, 9.17) is 21.4 Å². The number of hydrogen-bond acceptors (Lipinski definition) is 3. The van der Waals surface area contributed by atoms with Crippen molar-refractivity contribution in [3.8, 4) is 5.88 Å². The van der Waals surface area contributed by atoms with Crippen molar-refractivity contribution in [2.75, 3.05) is 0 Å². The van der Waals surface area contributed by atoms with Crippen LogP contribution in [0.5, 0.6) is 5.88 Å². The van der Waals surface area contributed by atoms with Gasteiger partial charge < -0.3 is 9.84 Å². The molecule has 0 bridgehead atoms. The summed E-state index contributed by atoms with van der Waals surface area (Å²) in [5.41, 5.74) is 1.80.